The molecule has 1 fully saturated rings. The number of hydrogen-bond donors (Lipinski definition) is 2. The highest BCUT2D eigenvalue weighted by Crippen LogP contribution is 2.45. The maximum absolute atomic E-state index is 11.9. The lowest BCUT2D eigenvalue weighted by Gasteiger charge is -2.09. The number of carboxylic acid groups (broad SMARTS) is 1. The van der Waals surface area contributed by atoms with Crippen LogP contribution in [0.1, 0.15) is 20.5 Å². The molecule has 2 rings (SSSR count). The average Bonchev–Trinajstić information content (AvgIpc) is 3.01. The summed E-state index contributed by atoms with van der Waals surface area (Å²) in [5, 5.41) is 11.3. The van der Waals surface area contributed by atoms with E-state index in [1.165, 1.54) is 28.8 Å². The van der Waals surface area contributed by atoms with Gasteiger partial charge in [0.25, 0.3) is 5.91 Å². The summed E-state index contributed by atoms with van der Waals surface area (Å²) in [5.74, 6) is 2.11. The van der Waals surface area contributed by atoms with E-state index in [0.29, 0.717) is 22.4 Å². The first-order chi connectivity index (χ1) is 10.2. The van der Waals surface area contributed by atoms with Gasteiger partial charge in [-0.15, -0.1) is 35.3 Å². The highest BCUT2D eigenvalue weighted by atomic mass is 32.2. The smallest absolute Gasteiger partial charge is 0.313 e. The number of carbonyl (C=O) groups excluding carboxylic acids is 1. The fourth-order valence-corrected chi connectivity index (χ4v) is 5.27. The van der Waals surface area contributed by atoms with Crippen LogP contribution in [0, 0.1) is 0 Å². The second-order valence-electron chi connectivity index (χ2n) is 4.40. The number of nitrogens with one attached hydrogen (secondary N) is 1. The molecule has 7 heteroatoms. The van der Waals surface area contributed by atoms with Gasteiger partial charge in [0.1, 0.15) is 0 Å². The molecule has 114 valence electrons. The molecule has 1 aliphatic heterocycles. The van der Waals surface area contributed by atoms with Crippen molar-refractivity contribution in [3.05, 3.63) is 35.4 Å². The third-order valence-electron chi connectivity index (χ3n) is 2.82. The number of carboxylic acids is 1. The third-order valence-corrected chi connectivity index (χ3v) is 6.87. The minimum Gasteiger partial charge on any atom is -0.481 e. The van der Waals surface area contributed by atoms with Crippen molar-refractivity contribution >= 4 is 47.2 Å². The molecular weight excluding hydrogens is 326 g/mol. The first-order valence-electron chi connectivity index (χ1n) is 6.58. The van der Waals surface area contributed by atoms with Crippen molar-refractivity contribution in [3.63, 3.8) is 0 Å². The van der Waals surface area contributed by atoms with Crippen LogP contribution in [0.25, 0.3) is 0 Å². The number of rotatable bonds is 7. The molecule has 0 spiro atoms. The number of carbonyl (C=O) groups is 2. The maximum atomic E-state index is 11.9. The molecule has 1 amide bonds. The lowest BCUT2D eigenvalue weighted by molar-refractivity contribution is -0.133. The van der Waals surface area contributed by atoms with Gasteiger partial charge in [-0.05, 0) is 17.7 Å². The molecule has 0 radical (unpaired) electrons. The van der Waals surface area contributed by atoms with E-state index in [0.717, 1.165) is 0 Å². The monoisotopic (exact) mass is 343 g/mol. The molecule has 21 heavy (non-hydrogen) atoms. The van der Waals surface area contributed by atoms with Crippen LogP contribution in [0.3, 0.4) is 0 Å². The Labute approximate surface area is 136 Å². The molecule has 4 nitrogen and oxygen atoms in total. The van der Waals surface area contributed by atoms with Gasteiger partial charge in [0, 0.05) is 29.4 Å². The summed E-state index contributed by atoms with van der Waals surface area (Å²) in [5.41, 5.74) is 1.91. The molecule has 0 bridgehead atoms. The van der Waals surface area contributed by atoms with Gasteiger partial charge in [0.15, 0.2) is 0 Å². The summed E-state index contributed by atoms with van der Waals surface area (Å²) < 4.78 is 0.495. The Morgan fingerprint density at radius 3 is 2.52 bits per heavy atom. The van der Waals surface area contributed by atoms with Crippen LogP contribution in [0.5, 0.6) is 0 Å². The zero-order chi connectivity index (χ0) is 15.1. The van der Waals surface area contributed by atoms with Crippen LogP contribution in [-0.2, 0) is 4.79 Å². The average molecular weight is 343 g/mol. The van der Waals surface area contributed by atoms with E-state index in [2.05, 4.69) is 5.32 Å². The molecule has 0 atom stereocenters. The molecule has 1 heterocycles. The normalized spacial score (nSPS) is 15.0. The van der Waals surface area contributed by atoms with Gasteiger partial charge in [0.2, 0.25) is 0 Å². The minimum atomic E-state index is -0.829. The van der Waals surface area contributed by atoms with E-state index in [9.17, 15) is 9.59 Å². The fraction of sp³-hybridized carbons (Fsp3) is 0.429. The van der Waals surface area contributed by atoms with E-state index >= 15 is 0 Å². The number of thioether (sulfide) groups is 3. The number of aliphatic carboxylic acids is 1. The lowest BCUT2D eigenvalue weighted by Crippen LogP contribution is -2.26. The third kappa shape index (κ3) is 5.48. The van der Waals surface area contributed by atoms with E-state index < -0.39 is 5.97 Å². The topological polar surface area (TPSA) is 66.4 Å². The van der Waals surface area contributed by atoms with Gasteiger partial charge in [-0.2, -0.15) is 0 Å². The predicted molar refractivity (Wildman–Crippen MR) is 91.4 cm³/mol. The van der Waals surface area contributed by atoms with Crippen molar-refractivity contribution in [2.45, 2.75) is 4.58 Å². The molecule has 0 saturated carbocycles. The standard InChI is InChI=1S/C14H17NO3S3/c16-12(17)9-19-6-5-15-13(18)10-1-3-11(4-2-10)14-20-7-8-21-14/h1-4,14H,5-9H2,(H,15,18)(H,16,17). The van der Waals surface area contributed by atoms with E-state index in [-0.39, 0.29) is 11.7 Å². The first kappa shape index (κ1) is 16.6. The van der Waals surface area contributed by atoms with Crippen molar-refractivity contribution < 1.29 is 14.7 Å². The maximum Gasteiger partial charge on any atom is 0.313 e. The first-order valence-corrected chi connectivity index (χ1v) is 9.83. The second kappa shape index (κ2) is 8.60. The summed E-state index contributed by atoms with van der Waals surface area (Å²) in [4.78, 5) is 22.3. The van der Waals surface area contributed by atoms with Gasteiger partial charge in [-0.1, -0.05) is 12.1 Å². The second-order valence-corrected chi connectivity index (χ2v) is 8.23. The largest absolute Gasteiger partial charge is 0.481 e. The molecule has 1 saturated heterocycles. The Kier molecular flexibility index (Phi) is 6.79. The zero-order valence-corrected chi connectivity index (χ0v) is 13.9. The Balaban J connectivity index is 1.75. The van der Waals surface area contributed by atoms with E-state index in [1.807, 2.05) is 47.8 Å². The van der Waals surface area contributed by atoms with Gasteiger partial charge in [-0.25, -0.2) is 0 Å². The van der Waals surface area contributed by atoms with Gasteiger partial charge in [0.05, 0.1) is 10.3 Å². The lowest BCUT2D eigenvalue weighted by atomic mass is 10.1. The van der Waals surface area contributed by atoms with Crippen LogP contribution in [-0.4, -0.2) is 46.5 Å². The number of amides is 1. The number of hydrogen-bond acceptors (Lipinski definition) is 5. The number of benzene rings is 1. The molecule has 0 unspecified atom stereocenters. The highest BCUT2D eigenvalue weighted by Gasteiger charge is 2.18. The summed E-state index contributed by atoms with van der Waals surface area (Å²) in [6.45, 7) is 0.479. The fourth-order valence-electron chi connectivity index (χ4n) is 1.84. The SMILES string of the molecule is O=C(O)CSCCNC(=O)c1ccc(C2SCCS2)cc1. The molecular formula is C14H17NO3S3. The van der Waals surface area contributed by atoms with Crippen LogP contribution in [0.4, 0.5) is 0 Å². The van der Waals surface area contributed by atoms with Crippen molar-refractivity contribution in [1.82, 2.24) is 5.32 Å². The van der Waals surface area contributed by atoms with Crippen molar-refractivity contribution in [2.24, 2.45) is 0 Å². The van der Waals surface area contributed by atoms with E-state index in [4.69, 9.17) is 5.11 Å². The zero-order valence-electron chi connectivity index (χ0n) is 11.4. The van der Waals surface area contributed by atoms with Crippen molar-refractivity contribution in [1.29, 1.82) is 0 Å². The quantitative estimate of drug-likeness (QED) is 0.742. The Hall–Kier alpha value is -0.790. The van der Waals surface area contributed by atoms with E-state index in [1.54, 1.807) is 0 Å². The Morgan fingerprint density at radius 1 is 1.24 bits per heavy atom. The van der Waals surface area contributed by atoms with Crippen molar-refractivity contribution in [3.8, 4) is 0 Å². The molecule has 2 N–H and O–H groups in total. The van der Waals surface area contributed by atoms with Crippen LogP contribution in [0.15, 0.2) is 24.3 Å². The summed E-state index contributed by atoms with van der Waals surface area (Å²) in [6.07, 6.45) is 0. The van der Waals surface area contributed by atoms with Gasteiger partial charge >= 0.3 is 5.97 Å². The Morgan fingerprint density at radius 2 is 1.90 bits per heavy atom. The van der Waals surface area contributed by atoms with Gasteiger partial charge in [-0.3, -0.25) is 9.59 Å². The summed E-state index contributed by atoms with van der Waals surface area (Å²) in [7, 11) is 0. The molecule has 0 aromatic heterocycles. The Bertz CT molecular complexity index is 487. The highest BCUT2D eigenvalue weighted by molar-refractivity contribution is 8.19. The minimum absolute atomic E-state index is 0.0707. The molecule has 1 aromatic rings. The molecule has 1 aliphatic rings. The molecule has 0 aliphatic carbocycles. The summed E-state index contributed by atoms with van der Waals surface area (Å²) >= 11 is 5.18. The van der Waals surface area contributed by atoms with Gasteiger partial charge < -0.3 is 10.4 Å². The summed E-state index contributed by atoms with van der Waals surface area (Å²) in [6, 6.07) is 7.75. The predicted octanol–water partition coefficient (Wildman–Crippen LogP) is 2.71. The molecule has 1 aromatic carbocycles. The van der Waals surface area contributed by atoms with Crippen molar-refractivity contribution in [2.75, 3.05) is 29.6 Å². The van der Waals surface area contributed by atoms with Crippen LogP contribution < -0.4 is 5.32 Å². The van der Waals surface area contributed by atoms with Crippen LogP contribution in [0.2, 0.25) is 0 Å². The van der Waals surface area contributed by atoms with Crippen LogP contribution >= 0.6 is 35.3 Å².